The minimum Gasteiger partial charge on any atom is -0.323 e. The van der Waals surface area contributed by atoms with Gasteiger partial charge in [-0.3, -0.25) is 19.4 Å². The number of amides is 2. The van der Waals surface area contributed by atoms with E-state index in [4.69, 9.17) is 0 Å². The van der Waals surface area contributed by atoms with Gasteiger partial charge in [0, 0.05) is 26.2 Å². The molecule has 8 nitrogen and oxygen atoms in total. The second-order valence-electron chi connectivity index (χ2n) is 8.61. The Morgan fingerprint density at radius 3 is 2.35 bits per heavy atom. The first-order valence-corrected chi connectivity index (χ1v) is 12.7. The molecular weight excluding hydrogens is 452 g/mol. The zero-order chi connectivity index (χ0) is 23.9. The predicted octanol–water partition coefficient (Wildman–Crippen LogP) is 2.52. The Balaban J connectivity index is 1.28. The molecule has 9 heteroatoms. The number of rotatable bonds is 4. The molecule has 0 unspecified atom stereocenters. The summed E-state index contributed by atoms with van der Waals surface area (Å²) in [5.41, 5.74) is 1.29. The van der Waals surface area contributed by atoms with Gasteiger partial charge < -0.3 is 5.32 Å². The number of fused-ring (bicyclic) bond motifs is 2. The first-order chi connectivity index (χ1) is 16.3. The zero-order valence-corrected chi connectivity index (χ0v) is 19.7. The van der Waals surface area contributed by atoms with Crippen LogP contribution in [0.1, 0.15) is 6.92 Å². The van der Waals surface area contributed by atoms with Gasteiger partial charge in [-0.15, -0.1) is 0 Å². The Labute approximate surface area is 198 Å². The lowest BCUT2D eigenvalue weighted by Gasteiger charge is -2.39. The summed E-state index contributed by atoms with van der Waals surface area (Å²) in [4.78, 5) is 29.2. The molecule has 0 aromatic heterocycles. The number of piperazine rings is 1. The van der Waals surface area contributed by atoms with Gasteiger partial charge in [-0.1, -0.05) is 42.5 Å². The van der Waals surface area contributed by atoms with Crippen LogP contribution in [0, 0.1) is 0 Å². The summed E-state index contributed by atoms with van der Waals surface area (Å²) in [7, 11) is -3.63. The third-order valence-electron chi connectivity index (χ3n) is 6.57. The maximum Gasteiger partial charge on any atom is 0.244 e. The van der Waals surface area contributed by atoms with Crippen molar-refractivity contribution in [2.24, 2.45) is 0 Å². The summed E-state index contributed by atoms with van der Waals surface area (Å²) in [5, 5.41) is 4.67. The average Bonchev–Trinajstić information content (AvgIpc) is 2.87. The Bertz CT molecular complexity index is 1370. The van der Waals surface area contributed by atoms with Crippen LogP contribution in [0.5, 0.6) is 0 Å². The highest BCUT2D eigenvalue weighted by Gasteiger charge is 2.35. The van der Waals surface area contributed by atoms with Crippen LogP contribution in [-0.2, 0) is 19.6 Å². The normalized spacial score (nSPS) is 18.4. The van der Waals surface area contributed by atoms with Crippen LogP contribution in [0.25, 0.3) is 10.8 Å². The largest absolute Gasteiger partial charge is 0.323 e. The van der Waals surface area contributed by atoms with Gasteiger partial charge in [-0.2, -0.15) is 4.31 Å². The van der Waals surface area contributed by atoms with Gasteiger partial charge in [0.25, 0.3) is 0 Å². The maximum absolute atomic E-state index is 13.3. The van der Waals surface area contributed by atoms with Crippen LogP contribution in [0.4, 0.5) is 11.4 Å². The van der Waals surface area contributed by atoms with Crippen molar-refractivity contribution in [3.05, 3.63) is 66.7 Å². The number of carbonyl (C=O) groups is 2. The summed E-state index contributed by atoms with van der Waals surface area (Å²) < 4.78 is 28.0. The highest BCUT2D eigenvalue weighted by atomic mass is 32.2. The Morgan fingerprint density at radius 1 is 0.912 bits per heavy atom. The lowest BCUT2D eigenvalue weighted by atomic mass is 10.1. The van der Waals surface area contributed by atoms with Crippen LogP contribution < -0.4 is 10.2 Å². The third kappa shape index (κ3) is 4.06. The Morgan fingerprint density at radius 2 is 1.59 bits per heavy atom. The molecule has 1 atom stereocenters. The van der Waals surface area contributed by atoms with Gasteiger partial charge in [0.05, 0.1) is 22.3 Å². The molecule has 3 aromatic rings. The topological polar surface area (TPSA) is 90.0 Å². The number of para-hydroxylation sites is 2. The van der Waals surface area contributed by atoms with Crippen LogP contribution >= 0.6 is 0 Å². The van der Waals surface area contributed by atoms with Gasteiger partial charge in [0.2, 0.25) is 21.8 Å². The number of hydrogen-bond donors (Lipinski definition) is 1. The van der Waals surface area contributed by atoms with Gasteiger partial charge in [0.15, 0.2) is 0 Å². The van der Waals surface area contributed by atoms with Gasteiger partial charge >= 0.3 is 0 Å². The number of anilines is 2. The van der Waals surface area contributed by atoms with Crippen LogP contribution in [0.3, 0.4) is 0 Å². The van der Waals surface area contributed by atoms with E-state index >= 15 is 0 Å². The van der Waals surface area contributed by atoms with E-state index in [1.165, 1.54) is 9.21 Å². The smallest absolute Gasteiger partial charge is 0.244 e. The van der Waals surface area contributed by atoms with Crippen molar-refractivity contribution >= 4 is 44.0 Å². The van der Waals surface area contributed by atoms with Gasteiger partial charge in [0.1, 0.15) is 6.54 Å². The lowest BCUT2D eigenvalue weighted by Crippen LogP contribution is -2.56. The molecule has 5 rings (SSSR count). The molecule has 3 aromatic carbocycles. The molecule has 2 aliphatic heterocycles. The van der Waals surface area contributed by atoms with Crippen molar-refractivity contribution in [3.63, 3.8) is 0 Å². The molecular formula is C25H26N4O4S. The molecule has 1 N–H and O–H groups in total. The fraction of sp³-hybridized carbons (Fsp3) is 0.280. The fourth-order valence-corrected chi connectivity index (χ4v) is 6.08. The van der Waals surface area contributed by atoms with E-state index in [1.807, 2.05) is 60.4 Å². The van der Waals surface area contributed by atoms with E-state index in [1.54, 1.807) is 18.2 Å². The van der Waals surface area contributed by atoms with Crippen LogP contribution in [-0.4, -0.2) is 68.2 Å². The van der Waals surface area contributed by atoms with E-state index < -0.39 is 16.1 Å². The number of nitrogens with zero attached hydrogens (tertiary/aromatic N) is 3. The molecule has 2 amide bonds. The molecule has 0 radical (unpaired) electrons. The minimum absolute atomic E-state index is 0.0313. The van der Waals surface area contributed by atoms with Gasteiger partial charge in [-0.05, 0) is 42.0 Å². The molecule has 2 heterocycles. The summed E-state index contributed by atoms with van der Waals surface area (Å²) in [6.45, 7) is 3.23. The maximum atomic E-state index is 13.3. The monoisotopic (exact) mass is 478 g/mol. The quantitative estimate of drug-likeness (QED) is 0.622. The SMILES string of the molecule is C[C@H](C(=O)N1CC(=O)Nc2ccccc21)N1CCN(S(=O)(=O)c2ccc3ccccc3c2)CC1. The van der Waals surface area contributed by atoms with E-state index in [0.717, 1.165) is 10.8 Å². The number of nitrogens with one attached hydrogen (secondary N) is 1. The molecule has 2 aliphatic rings. The zero-order valence-electron chi connectivity index (χ0n) is 18.8. The van der Waals surface area contributed by atoms with Gasteiger partial charge in [-0.25, -0.2) is 8.42 Å². The van der Waals surface area contributed by atoms with E-state index in [9.17, 15) is 18.0 Å². The van der Waals surface area contributed by atoms with Crippen molar-refractivity contribution in [2.75, 3.05) is 42.9 Å². The lowest BCUT2D eigenvalue weighted by molar-refractivity contribution is -0.125. The standard InChI is InChI=1S/C25H26N4O4S/c1-18(25(31)29-17-24(30)26-22-8-4-5-9-23(22)29)27-12-14-28(15-13-27)34(32,33)21-11-10-19-6-2-3-7-20(19)16-21/h2-11,16,18H,12-15,17H2,1H3,(H,26,30)/t18-/m1/s1. The number of benzene rings is 3. The van der Waals surface area contributed by atoms with Crippen molar-refractivity contribution in [1.82, 2.24) is 9.21 Å². The summed E-state index contributed by atoms with van der Waals surface area (Å²) >= 11 is 0. The van der Waals surface area contributed by atoms with Crippen molar-refractivity contribution in [2.45, 2.75) is 17.9 Å². The highest BCUT2D eigenvalue weighted by molar-refractivity contribution is 7.89. The minimum atomic E-state index is -3.63. The van der Waals surface area contributed by atoms with Crippen molar-refractivity contribution in [1.29, 1.82) is 0 Å². The fourth-order valence-electron chi connectivity index (χ4n) is 4.62. The van der Waals surface area contributed by atoms with E-state index in [2.05, 4.69) is 5.32 Å². The number of sulfonamides is 1. The van der Waals surface area contributed by atoms with Crippen molar-refractivity contribution < 1.29 is 18.0 Å². The highest BCUT2D eigenvalue weighted by Crippen LogP contribution is 2.30. The summed E-state index contributed by atoms with van der Waals surface area (Å²) in [6, 6.07) is 19.6. The van der Waals surface area contributed by atoms with Crippen LogP contribution in [0.15, 0.2) is 71.6 Å². The molecule has 1 saturated heterocycles. The second-order valence-corrected chi connectivity index (χ2v) is 10.6. The first kappa shape index (κ1) is 22.5. The molecule has 0 saturated carbocycles. The summed E-state index contributed by atoms with van der Waals surface area (Å²) in [6.07, 6.45) is 0. The molecule has 0 spiro atoms. The molecule has 0 bridgehead atoms. The molecule has 1 fully saturated rings. The first-order valence-electron chi connectivity index (χ1n) is 11.3. The number of hydrogen-bond acceptors (Lipinski definition) is 5. The van der Waals surface area contributed by atoms with Crippen molar-refractivity contribution in [3.8, 4) is 0 Å². The summed E-state index contributed by atoms with van der Waals surface area (Å²) in [5.74, 6) is -0.404. The molecule has 34 heavy (non-hydrogen) atoms. The molecule has 0 aliphatic carbocycles. The second kappa shape index (κ2) is 8.83. The third-order valence-corrected chi connectivity index (χ3v) is 8.47. The number of carbonyl (C=O) groups excluding carboxylic acids is 2. The molecule has 176 valence electrons. The average molecular weight is 479 g/mol. The Kier molecular flexibility index (Phi) is 5.85. The van der Waals surface area contributed by atoms with E-state index in [0.29, 0.717) is 37.6 Å². The van der Waals surface area contributed by atoms with E-state index in [-0.39, 0.29) is 23.3 Å². The predicted molar refractivity (Wildman–Crippen MR) is 131 cm³/mol. The van der Waals surface area contributed by atoms with Crippen LogP contribution in [0.2, 0.25) is 0 Å². The Hall–Kier alpha value is -3.27.